The highest BCUT2D eigenvalue weighted by Gasteiger charge is 2.52. The number of halogens is 3. The van der Waals surface area contributed by atoms with Crippen molar-refractivity contribution in [1.29, 1.82) is 0 Å². The van der Waals surface area contributed by atoms with Crippen molar-refractivity contribution in [3.63, 3.8) is 0 Å². The summed E-state index contributed by atoms with van der Waals surface area (Å²) in [6.07, 6.45) is -4.64. The van der Waals surface area contributed by atoms with E-state index >= 15 is 0 Å². The summed E-state index contributed by atoms with van der Waals surface area (Å²) < 4.78 is 51.8. The normalized spacial score (nSPS) is 19.0. The third-order valence-corrected chi connectivity index (χ3v) is 4.51. The Morgan fingerprint density at radius 2 is 1.68 bits per heavy atom. The van der Waals surface area contributed by atoms with Crippen molar-refractivity contribution in [2.45, 2.75) is 52.0 Å². The molecule has 0 saturated carbocycles. The zero-order valence-corrected chi connectivity index (χ0v) is 14.9. The zero-order chi connectivity index (χ0) is 19.2. The summed E-state index contributed by atoms with van der Waals surface area (Å²) in [5.41, 5.74) is -2.27. The van der Waals surface area contributed by atoms with Gasteiger partial charge in [0, 0.05) is 5.57 Å². The highest BCUT2D eigenvalue weighted by atomic mass is 19.4. The molecule has 0 aliphatic carbocycles. The lowest BCUT2D eigenvalue weighted by Gasteiger charge is -2.32. The standard InChI is InChI=1S/C17H21BF3NO3/c1-10(2)14(23)22-13-8-7-11(9-12(13)17(19,20)21)18-24-15(3,4)16(5,6)25-18/h7-9H,1H2,2-6H3,(H,22,23). The average molecular weight is 355 g/mol. The van der Waals surface area contributed by atoms with Crippen LogP contribution in [0.3, 0.4) is 0 Å². The van der Waals surface area contributed by atoms with Gasteiger partial charge in [0.15, 0.2) is 0 Å². The molecule has 4 nitrogen and oxygen atoms in total. The third-order valence-electron chi connectivity index (χ3n) is 4.51. The van der Waals surface area contributed by atoms with Crippen LogP contribution in [0.5, 0.6) is 0 Å². The molecule has 136 valence electrons. The lowest BCUT2D eigenvalue weighted by Crippen LogP contribution is -2.41. The van der Waals surface area contributed by atoms with Crippen molar-refractivity contribution in [1.82, 2.24) is 0 Å². The van der Waals surface area contributed by atoms with Crippen LogP contribution in [0.15, 0.2) is 30.4 Å². The van der Waals surface area contributed by atoms with Crippen LogP contribution in [0.2, 0.25) is 0 Å². The predicted molar refractivity (Wildman–Crippen MR) is 90.6 cm³/mol. The molecule has 0 aromatic heterocycles. The molecule has 8 heteroatoms. The first-order valence-electron chi connectivity index (χ1n) is 7.78. The van der Waals surface area contributed by atoms with E-state index in [1.165, 1.54) is 19.1 Å². The number of carbonyl (C=O) groups excluding carboxylic acids is 1. The number of anilines is 1. The fourth-order valence-electron chi connectivity index (χ4n) is 2.26. The first-order valence-corrected chi connectivity index (χ1v) is 7.78. The first-order chi connectivity index (χ1) is 11.2. The van der Waals surface area contributed by atoms with E-state index in [0.717, 1.165) is 6.07 Å². The van der Waals surface area contributed by atoms with Gasteiger partial charge in [-0.25, -0.2) is 0 Å². The number of carbonyl (C=O) groups is 1. The van der Waals surface area contributed by atoms with Gasteiger partial charge in [-0.05, 0) is 52.2 Å². The average Bonchev–Trinajstić information content (AvgIpc) is 2.66. The Kier molecular flexibility index (Phi) is 4.82. The molecule has 0 bridgehead atoms. The quantitative estimate of drug-likeness (QED) is 0.667. The van der Waals surface area contributed by atoms with Crippen molar-refractivity contribution in [3.8, 4) is 0 Å². The molecule has 1 aromatic carbocycles. The molecule has 0 atom stereocenters. The van der Waals surface area contributed by atoms with Crippen LogP contribution in [0.4, 0.5) is 18.9 Å². The predicted octanol–water partition coefficient (Wildman–Crippen LogP) is 3.52. The Morgan fingerprint density at radius 3 is 2.12 bits per heavy atom. The number of hydrogen-bond acceptors (Lipinski definition) is 3. The van der Waals surface area contributed by atoms with Gasteiger partial charge in [0.2, 0.25) is 0 Å². The topological polar surface area (TPSA) is 47.6 Å². The molecule has 1 heterocycles. The van der Waals surface area contributed by atoms with E-state index in [9.17, 15) is 18.0 Å². The summed E-state index contributed by atoms with van der Waals surface area (Å²) in [6.45, 7) is 12.1. The molecule has 0 unspecified atom stereocenters. The van der Waals surface area contributed by atoms with E-state index in [1.54, 1.807) is 0 Å². The molecule has 25 heavy (non-hydrogen) atoms. The summed E-state index contributed by atoms with van der Waals surface area (Å²) in [7, 11) is -0.919. The van der Waals surface area contributed by atoms with Gasteiger partial charge >= 0.3 is 13.3 Å². The second-order valence-electron chi connectivity index (χ2n) is 7.13. The summed E-state index contributed by atoms with van der Waals surface area (Å²) in [6, 6.07) is 3.59. The fraction of sp³-hybridized carbons (Fsp3) is 0.471. The van der Waals surface area contributed by atoms with Gasteiger partial charge in [0.1, 0.15) is 0 Å². The van der Waals surface area contributed by atoms with Crippen LogP contribution in [-0.4, -0.2) is 24.2 Å². The van der Waals surface area contributed by atoms with Crippen LogP contribution in [0.25, 0.3) is 0 Å². The maximum absolute atomic E-state index is 13.4. The SMILES string of the molecule is C=C(C)C(=O)Nc1ccc(B2OC(C)(C)C(C)(C)O2)cc1C(F)(F)F. The van der Waals surface area contributed by atoms with Crippen LogP contribution in [-0.2, 0) is 20.3 Å². The van der Waals surface area contributed by atoms with E-state index in [-0.39, 0.29) is 16.7 Å². The van der Waals surface area contributed by atoms with Gasteiger partial charge in [-0.3, -0.25) is 4.79 Å². The Bertz CT molecular complexity index is 698. The maximum Gasteiger partial charge on any atom is 0.494 e. The Balaban J connectivity index is 2.40. The van der Waals surface area contributed by atoms with Crippen LogP contribution in [0, 0.1) is 0 Å². The number of benzene rings is 1. The van der Waals surface area contributed by atoms with E-state index in [0.29, 0.717) is 0 Å². The van der Waals surface area contributed by atoms with Crippen LogP contribution >= 0.6 is 0 Å². The number of nitrogens with one attached hydrogen (secondary N) is 1. The lowest BCUT2D eigenvalue weighted by molar-refractivity contribution is -0.136. The summed E-state index contributed by atoms with van der Waals surface area (Å²) in [4.78, 5) is 11.7. The van der Waals surface area contributed by atoms with Gasteiger partial charge < -0.3 is 14.6 Å². The van der Waals surface area contributed by atoms with E-state index in [4.69, 9.17) is 9.31 Å². The first kappa shape index (κ1) is 19.5. The van der Waals surface area contributed by atoms with Gasteiger partial charge in [-0.1, -0.05) is 12.6 Å². The molecular weight excluding hydrogens is 334 g/mol. The minimum atomic E-state index is -4.64. The summed E-state index contributed by atoms with van der Waals surface area (Å²) in [5.74, 6) is -0.672. The number of hydrogen-bond donors (Lipinski definition) is 1. The minimum Gasteiger partial charge on any atom is -0.399 e. The molecule has 1 aliphatic heterocycles. The molecule has 0 spiro atoms. The van der Waals surface area contributed by atoms with Gasteiger partial charge in [-0.2, -0.15) is 13.2 Å². The lowest BCUT2D eigenvalue weighted by atomic mass is 9.78. The van der Waals surface area contributed by atoms with Crippen molar-refractivity contribution in [2.24, 2.45) is 0 Å². The van der Waals surface area contributed by atoms with Crippen LogP contribution < -0.4 is 10.8 Å². The molecule has 1 aliphatic rings. The number of rotatable bonds is 3. The minimum absolute atomic E-state index is 0.114. The summed E-state index contributed by atoms with van der Waals surface area (Å²) in [5, 5.41) is 2.23. The van der Waals surface area contributed by atoms with Crippen molar-refractivity contribution in [3.05, 3.63) is 35.9 Å². The number of amides is 1. The fourth-order valence-corrected chi connectivity index (χ4v) is 2.26. The Labute approximate surface area is 145 Å². The highest BCUT2D eigenvalue weighted by Crippen LogP contribution is 2.38. The molecule has 1 N–H and O–H groups in total. The maximum atomic E-state index is 13.4. The largest absolute Gasteiger partial charge is 0.494 e. The van der Waals surface area contributed by atoms with E-state index < -0.39 is 36.0 Å². The molecular formula is C17H21BF3NO3. The molecule has 1 amide bonds. The van der Waals surface area contributed by atoms with Gasteiger partial charge in [0.05, 0.1) is 22.5 Å². The van der Waals surface area contributed by atoms with Crippen molar-refractivity contribution < 1.29 is 27.3 Å². The molecule has 1 fully saturated rings. The van der Waals surface area contributed by atoms with E-state index in [1.807, 2.05) is 27.7 Å². The molecule has 0 radical (unpaired) electrons. The molecule has 1 aromatic rings. The number of alkyl halides is 3. The molecule has 1 saturated heterocycles. The van der Waals surface area contributed by atoms with Crippen LogP contribution in [0.1, 0.15) is 40.2 Å². The smallest absolute Gasteiger partial charge is 0.399 e. The second kappa shape index (κ2) is 6.18. The monoisotopic (exact) mass is 355 g/mol. The highest BCUT2D eigenvalue weighted by molar-refractivity contribution is 6.62. The zero-order valence-electron chi connectivity index (χ0n) is 14.9. The summed E-state index contributed by atoms with van der Waals surface area (Å²) >= 11 is 0. The third kappa shape index (κ3) is 3.90. The second-order valence-corrected chi connectivity index (χ2v) is 7.13. The Hall–Kier alpha value is -1.80. The Morgan fingerprint density at radius 1 is 1.16 bits per heavy atom. The van der Waals surface area contributed by atoms with E-state index in [2.05, 4.69) is 11.9 Å². The van der Waals surface area contributed by atoms with Gasteiger partial charge in [-0.15, -0.1) is 0 Å². The molecule has 2 rings (SSSR count). The van der Waals surface area contributed by atoms with Gasteiger partial charge in [0.25, 0.3) is 5.91 Å². The van der Waals surface area contributed by atoms with Crippen molar-refractivity contribution >= 4 is 24.2 Å². The van der Waals surface area contributed by atoms with Crippen molar-refractivity contribution in [2.75, 3.05) is 5.32 Å².